The van der Waals surface area contributed by atoms with Crippen molar-refractivity contribution in [3.63, 3.8) is 0 Å². The van der Waals surface area contributed by atoms with Crippen LogP contribution in [0.15, 0.2) is 54.6 Å². The van der Waals surface area contributed by atoms with Crippen LogP contribution in [-0.4, -0.2) is 6.67 Å². The molecule has 3 rings (SSSR count). The maximum Gasteiger partial charge on any atom is 0.0881 e. The number of benzene rings is 2. The first-order chi connectivity index (χ1) is 7.93. The van der Waals surface area contributed by atoms with Crippen LogP contribution in [0.25, 0.3) is 0 Å². The minimum Gasteiger partial charge on any atom is -0.366 e. The molecule has 1 aliphatic heterocycles. The average Bonchev–Trinajstić information content (AvgIpc) is 2.74. The van der Waals surface area contributed by atoms with Gasteiger partial charge in [-0.15, -0.1) is 0 Å². The lowest BCUT2D eigenvalue weighted by molar-refractivity contribution is 0.872. The van der Waals surface area contributed by atoms with E-state index in [0.717, 1.165) is 13.2 Å². The van der Waals surface area contributed by atoms with Crippen molar-refractivity contribution in [3.05, 3.63) is 60.2 Å². The first-order valence-corrected chi connectivity index (χ1v) is 5.55. The normalized spacial score (nSPS) is 13.4. The summed E-state index contributed by atoms with van der Waals surface area (Å²) in [6.45, 7) is 1.86. The molecule has 1 aliphatic rings. The van der Waals surface area contributed by atoms with Gasteiger partial charge < -0.3 is 10.2 Å². The second kappa shape index (κ2) is 3.89. The van der Waals surface area contributed by atoms with Crippen LogP contribution in [0.4, 0.5) is 11.4 Å². The fourth-order valence-electron chi connectivity index (χ4n) is 2.11. The molecule has 2 aromatic carbocycles. The molecule has 0 radical (unpaired) electrons. The van der Waals surface area contributed by atoms with E-state index in [1.807, 2.05) is 0 Å². The number of fused-ring (bicyclic) bond motifs is 1. The topological polar surface area (TPSA) is 15.3 Å². The molecule has 2 aromatic rings. The summed E-state index contributed by atoms with van der Waals surface area (Å²) in [4.78, 5) is 2.35. The van der Waals surface area contributed by atoms with Gasteiger partial charge in [0.1, 0.15) is 0 Å². The predicted octanol–water partition coefficient (Wildman–Crippen LogP) is 3.08. The molecule has 0 atom stereocenters. The molecule has 0 unspecified atom stereocenters. The van der Waals surface area contributed by atoms with Crippen LogP contribution in [0.1, 0.15) is 5.56 Å². The summed E-state index contributed by atoms with van der Waals surface area (Å²) in [5.74, 6) is 0. The van der Waals surface area contributed by atoms with Gasteiger partial charge in [0.2, 0.25) is 0 Å². The molecule has 1 heterocycles. The zero-order valence-electron chi connectivity index (χ0n) is 9.06. The smallest absolute Gasteiger partial charge is 0.0881 e. The van der Waals surface area contributed by atoms with Crippen molar-refractivity contribution in [2.24, 2.45) is 0 Å². The number of hydrogen-bond acceptors (Lipinski definition) is 2. The molecular formula is C14H14N2. The molecule has 0 aliphatic carbocycles. The van der Waals surface area contributed by atoms with Crippen molar-refractivity contribution in [2.75, 3.05) is 16.9 Å². The molecule has 0 bridgehead atoms. The number of anilines is 2. The van der Waals surface area contributed by atoms with E-state index < -0.39 is 0 Å². The third-order valence-electron chi connectivity index (χ3n) is 2.92. The Labute approximate surface area is 95.5 Å². The van der Waals surface area contributed by atoms with Gasteiger partial charge in [0.15, 0.2) is 0 Å². The highest BCUT2D eigenvalue weighted by molar-refractivity contribution is 5.74. The Morgan fingerprint density at radius 1 is 0.938 bits per heavy atom. The molecule has 1 N–H and O–H groups in total. The molecule has 0 saturated carbocycles. The van der Waals surface area contributed by atoms with Crippen LogP contribution in [0.3, 0.4) is 0 Å². The fraction of sp³-hybridized carbons (Fsp3) is 0.143. The maximum atomic E-state index is 3.40. The largest absolute Gasteiger partial charge is 0.366 e. The summed E-state index contributed by atoms with van der Waals surface area (Å²) in [7, 11) is 0. The van der Waals surface area contributed by atoms with Gasteiger partial charge in [-0.2, -0.15) is 0 Å². The minimum absolute atomic E-state index is 0.897. The molecule has 0 saturated heterocycles. The van der Waals surface area contributed by atoms with Crippen LogP contribution in [-0.2, 0) is 6.54 Å². The van der Waals surface area contributed by atoms with E-state index in [0.29, 0.717) is 0 Å². The fourth-order valence-corrected chi connectivity index (χ4v) is 2.11. The van der Waals surface area contributed by atoms with Gasteiger partial charge in [0.25, 0.3) is 0 Å². The average molecular weight is 210 g/mol. The van der Waals surface area contributed by atoms with Gasteiger partial charge in [-0.3, -0.25) is 0 Å². The third kappa shape index (κ3) is 1.63. The van der Waals surface area contributed by atoms with E-state index in [1.165, 1.54) is 16.9 Å². The number of nitrogens with zero attached hydrogens (tertiary/aromatic N) is 1. The summed E-state index contributed by atoms with van der Waals surface area (Å²) in [5.41, 5.74) is 3.88. The lowest BCUT2D eigenvalue weighted by atomic mass is 10.2. The number of rotatable bonds is 2. The SMILES string of the molecule is c1ccc(CN2CNc3ccccc32)cc1. The van der Waals surface area contributed by atoms with E-state index in [-0.39, 0.29) is 0 Å². The molecule has 2 heteroatoms. The molecule has 16 heavy (non-hydrogen) atoms. The minimum atomic E-state index is 0.897. The van der Waals surface area contributed by atoms with Gasteiger partial charge in [-0.1, -0.05) is 42.5 Å². The molecular weight excluding hydrogens is 196 g/mol. The highest BCUT2D eigenvalue weighted by Gasteiger charge is 2.16. The van der Waals surface area contributed by atoms with E-state index in [4.69, 9.17) is 0 Å². The molecule has 0 amide bonds. The quantitative estimate of drug-likeness (QED) is 0.819. The summed E-state index contributed by atoms with van der Waals surface area (Å²) in [6.07, 6.45) is 0. The molecule has 0 fully saturated rings. The first kappa shape index (κ1) is 9.28. The number of hydrogen-bond donors (Lipinski definition) is 1. The van der Waals surface area contributed by atoms with Gasteiger partial charge in [0, 0.05) is 6.54 Å². The first-order valence-electron chi connectivity index (χ1n) is 5.55. The highest BCUT2D eigenvalue weighted by Crippen LogP contribution is 2.31. The summed E-state index contributed by atoms with van der Waals surface area (Å²) in [5, 5.41) is 3.40. The maximum absolute atomic E-state index is 3.40. The standard InChI is InChI=1S/C14H14N2/c1-2-6-12(7-3-1)10-16-11-15-13-8-4-5-9-14(13)16/h1-9,15H,10-11H2. The Morgan fingerprint density at radius 2 is 1.69 bits per heavy atom. The second-order valence-corrected chi connectivity index (χ2v) is 4.04. The van der Waals surface area contributed by atoms with E-state index in [9.17, 15) is 0 Å². The van der Waals surface area contributed by atoms with Crippen LogP contribution in [0.5, 0.6) is 0 Å². The van der Waals surface area contributed by atoms with Crippen LogP contribution in [0.2, 0.25) is 0 Å². The van der Waals surface area contributed by atoms with E-state index >= 15 is 0 Å². The molecule has 80 valence electrons. The Bertz CT molecular complexity index is 479. The van der Waals surface area contributed by atoms with Gasteiger partial charge in [-0.05, 0) is 17.7 Å². The van der Waals surface area contributed by atoms with E-state index in [2.05, 4.69) is 64.8 Å². The van der Waals surface area contributed by atoms with Crippen molar-refractivity contribution in [2.45, 2.75) is 6.54 Å². The highest BCUT2D eigenvalue weighted by atomic mass is 15.3. The lowest BCUT2D eigenvalue weighted by Crippen LogP contribution is -2.21. The van der Waals surface area contributed by atoms with E-state index in [1.54, 1.807) is 0 Å². The Hall–Kier alpha value is -1.96. The van der Waals surface area contributed by atoms with Gasteiger partial charge >= 0.3 is 0 Å². The van der Waals surface area contributed by atoms with Crippen molar-refractivity contribution < 1.29 is 0 Å². The van der Waals surface area contributed by atoms with Crippen molar-refractivity contribution >= 4 is 11.4 Å². The number of para-hydroxylation sites is 2. The molecule has 0 aromatic heterocycles. The Kier molecular flexibility index (Phi) is 2.26. The monoisotopic (exact) mass is 210 g/mol. The lowest BCUT2D eigenvalue weighted by Gasteiger charge is -2.17. The van der Waals surface area contributed by atoms with Crippen LogP contribution < -0.4 is 10.2 Å². The van der Waals surface area contributed by atoms with Crippen LogP contribution >= 0.6 is 0 Å². The Balaban J connectivity index is 1.84. The van der Waals surface area contributed by atoms with Crippen LogP contribution in [0, 0.1) is 0 Å². The molecule has 2 nitrogen and oxygen atoms in total. The Morgan fingerprint density at radius 3 is 2.56 bits per heavy atom. The zero-order chi connectivity index (χ0) is 10.8. The van der Waals surface area contributed by atoms with Crippen molar-refractivity contribution in [1.82, 2.24) is 0 Å². The second-order valence-electron chi connectivity index (χ2n) is 4.04. The van der Waals surface area contributed by atoms with Crippen molar-refractivity contribution in [1.29, 1.82) is 0 Å². The summed E-state index contributed by atoms with van der Waals surface area (Å²) in [6, 6.07) is 19.0. The predicted molar refractivity (Wildman–Crippen MR) is 67.6 cm³/mol. The van der Waals surface area contributed by atoms with Crippen molar-refractivity contribution in [3.8, 4) is 0 Å². The third-order valence-corrected chi connectivity index (χ3v) is 2.92. The summed E-state index contributed by atoms with van der Waals surface area (Å²) >= 11 is 0. The van der Waals surface area contributed by atoms with Gasteiger partial charge in [-0.25, -0.2) is 0 Å². The summed E-state index contributed by atoms with van der Waals surface area (Å²) < 4.78 is 0. The zero-order valence-corrected chi connectivity index (χ0v) is 9.06. The van der Waals surface area contributed by atoms with Gasteiger partial charge in [0.05, 0.1) is 18.0 Å². The number of nitrogens with one attached hydrogen (secondary N) is 1. The molecule has 0 spiro atoms.